The standard InChI is InChI=1S/C17H23NO6/c1-10-9-11(14-12(21-2)7-6-8-13(14)22-3)17(18-10,15(19)23-4)16(20)24-5/h6-8,10-11,18H,9H2,1-5H3/t10-,11-/m0/s1. The first-order valence-electron chi connectivity index (χ1n) is 7.61. The van der Waals surface area contributed by atoms with E-state index in [0.717, 1.165) is 0 Å². The zero-order valence-electron chi connectivity index (χ0n) is 14.5. The van der Waals surface area contributed by atoms with Crippen LogP contribution < -0.4 is 14.8 Å². The zero-order valence-corrected chi connectivity index (χ0v) is 14.5. The summed E-state index contributed by atoms with van der Waals surface area (Å²) in [6, 6.07) is 5.20. The molecule has 132 valence electrons. The second-order valence-electron chi connectivity index (χ2n) is 5.70. The molecule has 1 heterocycles. The molecule has 0 amide bonds. The van der Waals surface area contributed by atoms with Gasteiger partial charge in [-0.05, 0) is 25.5 Å². The number of methoxy groups -OCH3 is 4. The monoisotopic (exact) mass is 337 g/mol. The van der Waals surface area contributed by atoms with Gasteiger partial charge in [0.2, 0.25) is 5.54 Å². The first kappa shape index (κ1) is 18.1. The molecule has 1 N–H and O–H groups in total. The Hall–Kier alpha value is -2.28. The lowest BCUT2D eigenvalue weighted by Gasteiger charge is -2.31. The molecule has 1 fully saturated rings. The maximum atomic E-state index is 12.6. The van der Waals surface area contributed by atoms with E-state index in [1.54, 1.807) is 18.2 Å². The first-order valence-corrected chi connectivity index (χ1v) is 7.61. The zero-order chi connectivity index (χ0) is 17.9. The number of carbonyl (C=O) groups excluding carboxylic acids is 2. The van der Waals surface area contributed by atoms with Crippen molar-refractivity contribution >= 4 is 11.9 Å². The van der Waals surface area contributed by atoms with Crippen LogP contribution >= 0.6 is 0 Å². The molecular weight excluding hydrogens is 314 g/mol. The lowest BCUT2D eigenvalue weighted by molar-refractivity contribution is -0.163. The Bertz CT molecular complexity index is 591. The van der Waals surface area contributed by atoms with Crippen LogP contribution in [0.1, 0.15) is 24.8 Å². The first-order chi connectivity index (χ1) is 11.5. The fraction of sp³-hybridized carbons (Fsp3) is 0.529. The van der Waals surface area contributed by atoms with E-state index in [2.05, 4.69) is 5.32 Å². The van der Waals surface area contributed by atoms with Crippen LogP contribution in [0.3, 0.4) is 0 Å². The van der Waals surface area contributed by atoms with Crippen LogP contribution in [0, 0.1) is 0 Å². The van der Waals surface area contributed by atoms with Gasteiger partial charge in [-0.2, -0.15) is 0 Å². The molecule has 1 saturated heterocycles. The van der Waals surface area contributed by atoms with Crippen molar-refractivity contribution in [3.63, 3.8) is 0 Å². The van der Waals surface area contributed by atoms with Gasteiger partial charge in [0.25, 0.3) is 0 Å². The van der Waals surface area contributed by atoms with Crippen molar-refractivity contribution in [1.82, 2.24) is 5.32 Å². The molecule has 0 aliphatic carbocycles. The van der Waals surface area contributed by atoms with E-state index in [1.165, 1.54) is 28.4 Å². The van der Waals surface area contributed by atoms with Gasteiger partial charge in [-0.25, -0.2) is 9.59 Å². The highest BCUT2D eigenvalue weighted by molar-refractivity contribution is 6.07. The van der Waals surface area contributed by atoms with Crippen molar-refractivity contribution in [2.45, 2.75) is 30.8 Å². The molecule has 0 unspecified atom stereocenters. The number of ether oxygens (including phenoxy) is 4. The van der Waals surface area contributed by atoms with E-state index < -0.39 is 23.4 Å². The smallest absolute Gasteiger partial charge is 0.338 e. The molecule has 0 bridgehead atoms. The highest BCUT2D eigenvalue weighted by atomic mass is 16.5. The van der Waals surface area contributed by atoms with Crippen molar-refractivity contribution in [1.29, 1.82) is 0 Å². The summed E-state index contributed by atoms with van der Waals surface area (Å²) in [4.78, 5) is 25.2. The lowest BCUT2D eigenvalue weighted by Crippen LogP contribution is -2.59. The van der Waals surface area contributed by atoms with E-state index in [9.17, 15) is 9.59 Å². The molecule has 7 nitrogen and oxygen atoms in total. The molecule has 1 aromatic rings. The van der Waals surface area contributed by atoms with Crippen molar-refractivity contribution in [2.24, 2.45) is 0 Å². The van der Waals surface area contributed by atoms with Crippen LogP contribution in [0.15, 0.2) is 18.2 Å². The third-order valence-electron chi connectivity index (χ3n) is 4.42. The third-order valence-corrected chi connectivity index (χ3v) is 4.42. The summed E-state index contributed by atoms with van der Waals surface area (Å²) < 4.78 is 20.7. The Morgan fingerprint density at radius 2 is 1.54 bits per heavy atom. The Balaban J connectivity index is 2.70. The predicted molar refractivity (Wildman–Crippen MR) is 86.3 cm³/mol. The van der Waals surface area contributed by atoms with Crippen LogP contribution in [0.2, 0.25) is 0 Å². The number of nitrogens with one attached hydrogen (secondary N) is 1. The number of esters is 2. The largest absolute Gasteiger partial charge is 0.496 e. The average molecular weight is 337 g/mol. The summed E-state index contributed by atoms with van der Waals surface area (Å²) in [5.41, 5.74) is -1.01. The molecule has 1 aliphatic rings. The molecule has 0 spiro atoms. The number of rotatable bonds is 5. The second kappa shape index (κ2) is 7.09. The second-order valence-corrected chi connectivity index (χ2v) is 5.70. The molecule has 24 heavy (non-hydrogen) atoms. The van der Waals surface area contributed by atoms with Gasteiger partial charge in [-0.15, -0.1) is 0 Å². The molecule has 2 rings (SSSR count). The molecule has 0 aromatic heterocycles. The number of hydrogen-bond acceptors (Lipinski definition) is 7. The maximum absolute atomic E-state index is 12.6. The summed E-state index contributed by atoms with van der Waals surface area (Å²) in [5.74, 6) is -0.883. The maximum Gasteiger partial charge on any atom is 0.338 e. The highest BCUT2D eigenvalue weighted by Crippen LogP contribution is 2.47. The van der Waals surface area contributed by atoms with Crippen LogP contribution in [0.25, 0.3) is 0 Å². The van der Waals surface area contributed by atoms with Crippen molar-refractivity contribution in [3.8, 4) is 11.5 Å². The van der Waals surface area contributed by atoms with Crippen LogP contribution in [-0.2, 0) is 19.1 Å². The van der Waals surface area contributed by atoms with E-state index >= 15 is 0 Å². The summed E-state index contributed by atoms with van der Waals surface area (Å²) in [5, 5.41) is 3.06. The Kier molecular flexibility index (Phi) is 5.33. The van der Waals surface area contributed by atoms with Crippen molar-refractivity contribution in [3.05, 3.63) is 23.8 Å². The molecule has 0 radical (unpaired) electrons. The van der Waals surface area contributed by atoms with Gasteiger partial charge >= 0.3 is 11.9 Å². The Morgan fingerprint density at radius 3 is 1.96 bits per heavy atom. The number of benzene rings is 1. The minimum Gasteiger partial charge on any atom is -0.496 e. The van der Waals surface area contributed by atoms with Crippen LogP contribution in [0.4, 0.5) is 0 Å². The summed E-state index contributed by atoms with van der Waals surface area (Å²) in [6.07, 6.45) is 0.515. The van der Waals surface area contributed by atoms with Gasteiger partial charge in [-0.3, -0.25) is 5.32 Å². The quantitative estimate of drug-likeness (QED) is 0.639. The van der Waals surface area contributed by atoms with Crippen LogP contribution in [-0.4, -0.2) is 52.0 Å². The molecule has 2 atom stereocenters. The van der Waals surface area contributed by atoms with Crippen molar-refractivity contribution in [2.75, 3.05) is 28.4 Å². The van der Waals surface area contributed by atoms with Crippen LogP contribution in [0.5, 0.6) is 11.5 Å². The highest BCUT2D eigenvalue weighted by Gasteiger charge is 2.61. The average Bonchev–Trinajstić information content (AvgIpc) is 2.97. The van der Waals surface area contributed by atoms with Gasteiger partial charge in [-0.1, -0.05) is 6.07 Å². The molecule has 0 saturated carbocycles. The van der Waals surface area contributed by atoms with Gasteiger partial charge < -0.3 is 18.9 Å². The minimum atomic E-state index is -1.65. The Labute approximate surface area is 141 Å². The van der Waals surface area contributed by atoms with E-state index in [-0.39, 0.29) is 6.04 Å². The lowest BCUT2D eigenvalue weighted by atomic mass is 9.79. The van der Waals surface area contributed by atoms with Gasteiger partial charge in [0, 0.05) is 17.5 Å². The van der Waals surface area contributed by atoms with Gasteiger partial charge in [0.15, 0.2) is 0 Å². The molecular formula is C17H23NO6. The van der Waals surface area contributed by atoms with Crippen molar-refractivity contribution < 1.29 is 28.5 Å². The predicted octanol–water partition coefficient (Wildman–Crippen LogP) is 1.25. The van der Waals surface area contributed by atoms with E-state index in [1.807, 2.05) is 6.92 Å². The normalized spacial score (nSPS) is 21.9. The molecule has 1 aliphatic heterocycles. The third kappa shape index (κ3) is 2.69. The topological polar surface area (TPSA) is 83.1 Å². The SMILES string of the molecule is COC(=O)C1(C(=O)OC)N[C@@H](C)C[C@H]1c1c(OC)cccc1OC. The van der Waals surface area contributed by atoms with Gasteiger partial charge in [0.05, 0.1) is 28.4 Å². The summed E-state index contributed by atoms with van der Waals surface area (Å²) in [6.45, 7) is 1.89. The summed E-state index contributed by atoms with van der Waals surface area (Å²) >= 11 is 0. The minimum absolute atomic E-state index is 0.109. The van der Waals surface area contributed by atoms with Gasteiger partial charge in [0.1, 0.15) is 11.5 Å². The molecule has 1 aromatic carbocycles. The fourth-order valence-corrected chi connectivity index (χ4v) is 3.44. The molecule has 7 heteroatoms. The van der Waals surface area contributed by atoms with E-state index in [4.69, 9.17) is 18.9 Å². The number of hydrogen-bond donors (Lipinski definition) is 1. The number of carbonyl (C=O) groups is 2. The Morgan fingerprint density at radius 1 is 1.04 bits per heavy atom. The fourth-order valence-electron chi connectivity index (χ4n) is 3.44. The van der Waals surface area contributed by atoms with E-state index in [0.29, 0.717) is 23.5 Å². The summed E-state index contributed by atoms with van der Waals surface area (Å²) in [7, 11) is 5.55.